The van der Waals surface area contributed by atoms with Gasteiger partial charge >= 0.3 is 0 Å². The molecule has 1 fully saturated rings. The molecule has 1 aromatic rings. The van der Waals surface area contributed by atoms with Gasteiger partial charge in [0.1, 0.15) is 5.82 Å². The Morgan fingerprint density at radius 2 is 2.29 bits per heavy atom. The molecule has 2 unspecified atom stereocenters. The van der Waals surface area contributed by atoms with Crippen molar-refractivity contribution in [3.05, 3.63) is 35.6 Å². The maximum absolute atomic E-state index is 13.1. The van der Waals surface area contributed by atoms with Crippen LogP contribution >= 0.6 is 0 Å². The SMILES string of the molecule is CC(O)(CC1CCCCN1)c1cccc(F)c1. The molecule has 1 aliphatic heterocycles. The number of aliphatic hydroxyl groups is 1. The largest absolute Gasteiger partial charge is 0.385 e. The van der Waals surface area contributed by atoms with E-state index in [9.17, 15) is 9.50 Å². The Balaban J connectivity index is 2.06. The number of nitrogens with one attached hydrogen (secondary N) is 1. The van der Waals surface area contributed by atoms with Crippen molar-refractivity contribution >= 4 is 0 Å². The van der Waals surface area contributed by atoms with Crippen LogP contribution in [0.3, 0.4) is 0 Å². The minimum absolute atomic E-state index is 0.292. The summed E-state index contributed by atoms with van der Waals surface area (Å²) in [5.41, 5.74) is -0.304. The van der Waals surface area contributed by atoms with E-state index in [0.717, 1.165) is 13.0 Å². The third-order valence-electron chi connectivity index (χ3n) is 3.50. The standard InChI is InChI=1S/C14H20FNO/c1-14(17,10-13-7-2-3-8-16-13)11-5-4-6-12(15)9-11/h4-6,9,13,16-17H,2-3,7-8,10H2,1H3. The molecule has 0 aromatic heterocycles. The first-order chi connectivity index (χ1) is 8.08. The highest BCUT2D eigenvalue weighted by Gasteiger charge is 2.28. The first-order valence-electron chi connectivity index (χ1n) is 6.30. The number of hydrogen-bond donors (Lipinski definition) is 2. The quantitative estimate of drug-likeness (QED) is 0.847. The van der Waals surface area contributed by atoms with E-state index >= 15 is 0 Å². The van der Waals surface area contributed by atoms with Crippen LogP contribution in [-0.2, 0) is 5.60 Å². The third kappa shape index (κ3) is 3.27. The first kappa shape index (κ1) is 12.5. The molecule has 2 atom stereocenters. The molecule has 0 aliphatic carbocycles. The van der Waals surface area contributed by atoms with Crippen LogP contribution in [0, 0.1) is 5.82 Å². The minimum Gasteiger partial charge on any atom is -0.385 e. The highest BCUT2D eigenvalue weighted by atomic mass is 19.1. The normalized spacial score (nSPS) is 24.3. The fourth-order valence-corrected chi connectivity index (χ4v) is 2.52. The molecule has 1 heterocycles. The molecule has 0 bridgehead atoms. The molecule has 2 N–H and O–H groups in total. The molecule has 3 heteroatoms. The Morgan fingerprint density at radius 3 is 2.94 bits per heavy atom. The maximum Gasteiger partial charge on any atom is 0.123 e. The number of rotatable bonds is 3. The zero-order valence-electron chi connectivity index (χ0n) is 10.2. The van der Waals surface area contributed by atoms with Crippen LogP contribution in [0.15, 0.2) is 24.3 Å². The smallest absolute Gasteiger partial charge is 0.123 e. The Kier molecular flexibility index (Phi) is 3.79. The number of piperidine rings is 1. The lowest BCUT2D eigenvalue weighted by Crippen LogP contribution is -2.39. The van der Waals surface area contributed by atoms with Gasteiger partial charge in [-0.3, -0.25) is 0 Å². The average molecular weight is 237 g/mol. The van der Waals surface area contributed by atoms with Crippen molar-refractivity contribution in [1.82, 2.24) is 5.32 Å². The van der Waals surface area contributed by atoms with Crippen LogP contribution in [0.4, 0.5) is 4.39 Å². The molecule has 1 aliphatic rings. The Hall–Kier alpha value is -0.930. The van der Waals surface area contributed by atoms with Gasteiger partial charge in [-0.15, -0.1) is 0 Å². The van der Waals surface area contributed by atoms with Gasteiger partial charge in [-0.05, 0) is 50.4 Å². The van der Waals surface area contributed by atoms with Crippen LogP contribution in [0.25, 0.3) is 0 Å². The van der Waals surface area contributed by atoms with Gasteiger partial charge in [0.15, 0.2) is 0 Å². The first-order valence-corrected chi connectivity index (χ1v) is 6.30. The Bertz CT molecular complexity index is 372. The van der Waals surface area contributed by atoms with Crippen LogP contribution in [0.5, 0.6) is 0 Å². The third-order valence-corrected chi connectivity index (χ3v) is 3.50. The van der Waals surface area contributed by atoms with Gasteiger partial charge in [0.2, 0.25) is 0 Å². The summed E-state index contributed by atoms with van der Waals surface area (Å²) in [4.78, 5) is 0. The van der Waals surface area contributed by atoms with Gasteiger partial charge < -0.3 is 10.4 Å². The van der Waals surface area contributed by atoms with Crippen LogP contribution < -0.4 is 5.32 Å². The van der Waals surface area contributed by atoms with Crippen molar-refractivity contribution in [3.63, 3.8) is 0 Å². The minimum atomic E-state index is -0.961. The predicted octanol–water partition coefficient (Wildman–Crippen LogP) is 2.57. The molecule has 94 valence electrons. The molecule has 0 amide bonds. The molecule has 0 radical (unpaired) electrons. The lowest BCUT2D eigenvalue weighted by atomic mass is 9.86. The second-order valence-electron chi connectivity index (χ2n) is 5.14. The lowest BCUT2D eigenvalue weighted by molar-refractivity contribution is 0.0329. The zero-order valence-corrected chi connectivity index (χ0v) is 10.2. The second kappa shape index (κ2) is 5.15. The van der Waals surface area contributed by atoms with Gasteiger partial charge in [-0.2, -0.15) is 0 Å². The van der Waals surface area contributed by atoms with E-state index in [1.54, 1.807) is 19.1 Å². The number of benzene rings is 1. The molecule has 0 spiro atoms. The molecule has 0 saturated carbocycles. The summed E-state index contributed by atoms with van der Waals surface area (Å²) in [6.07, 6.45) is 4.14. The van der Waals surface area contributed by atoms with Crippen molar-refractivity contribution in [2.45, 2.75) is 44.2 Å². The van der Waals surface area contributed by atoms with Crippen LogP contribution in [0.1, 0.15) is 38.2 Å². The molecule has 2 rings (SSSR count). The van der Waals surface area contributed by atoms with Gasteiger partial charge in [-0.1, -0.05) is 18.6 Å². The summed E-state index contributed by atoms with van der Waals surface area (Å²) in [6.45, 7) is 2.78. The summed E-state index contributed by atoms with van der Waals surface area (Å²) in [6, 6.07) is 6.59. The molecular formula is C14H20FNO. The molecular weight excluding hydrogens is 217 g/mol. The van der Waals surface area contributed by atoms with E-state index in [1.807, 2.05) is 0 Å². The fraction of sp³-hybridized carbons (Fsp3) is 0.571. The summed E-state index contributed by atoms with van der Waals surface area (Å²) < 4.78 is 13.1. The van der Waals surface area contributed by atoms with Crippen molar-refractivity contribution < 1.29 is 9.50 Å². The summed E-state index contributed by atoms with van der Waals surface area (Å²) >= 11 is 0. The molecule has 17 heavy (non-hydrogen) atoms. The topological polar surface area (TPSA) is 32.3 Å². The van der Waals surface area contributed by atoms with Gasteiger partial charge in [0, 0.05) is 6.04 Å². The lowest BCUT2D eigenvalue weighted by Gasteiger charge is -2.32. The fourth-order valence-electron chi connectivity index (χ4n) is 2.52. The van der Waals surface area contributed by atoms with Gasteiger partial charge in [0.25, 0.3) is 0 Å². The highest BCUT2D eigenvalue weighted by Crippen LogP contribution is 2.28. The Labute approximate surface area is 102 Å². The Morgan fingerprint density at radius 1 is 1.47 bits per heavy atom. The van der Waals surface area contributed by atoms with Crippen molar-refractivity contribution in [3.8, 4) is 0 Å². The van der Waals surface area contributed by atoms with Crippen LogP contribution in [-0.4, -0.2) is 17.7 Å². The average Bonchev–Trinajstić information content (AvgIpc) is 2.30. The zero-order chi connectivity index (χ0) is 12.3. The van der Waals surface area contributed by atoms with Crippen molar-refractivity contribution in [1.29, 1.82) is 0 Å². The van der Waals surface area contributed by atoms with Gasteiger partial charge in [-0.25, -0.2) is 4.39 Å². The molecule has 1 aromatic carbocycles. The van der Waals surface area contributed by atoms with E-state index < -0.39 is 5.60 Å². The molecule has 2 nitrogen and oxygen atoms in total. The van der Waals surface area contributed by atoms with Gasteiger partial charge in [0.05, 0.1) is 5.60 Å². The summed E-state index contributed by atoms with van der Waals surface area (Å²) in [5, 5.41) is 13.9. The summed E-state index contributed by atoms with van der Waals surface area (Å²) in [7, 11) is 0. The number of halogens is 1. The van der Waals surface area contributed by atoms with E-state index in [1.165, 1.54) is 25.0 Å². The predicted molar refractivity (Wildman–Crippen MR) is 66.2 cm³/mol. The van der Waals surface area contributed by atoms with Crippen molar-refractivity contribution in [2.75, 3.05) is 6.54 Å². The van der Waals surface area contributed by atoms with E-state index in [4.69, 9.17) is 0 Å². The summed E-state index contributed by atoms with van der Waals surface area (Å²) in [5.74, 6) is -0.292. The highest BCUT2D eigenvalue weighted by molar-refractivity contribution is 5.22. The van der Waals surface area contributed by atoms with Crippen LogP contribution in [0.2, 0.25) is 0 Å². The monoisotopic (exact) mass is 237 g/mol. The van der Waals surface area contributed by atoms with E-state index in [0.29, 0.717) is 18.0 Å². The van der Waals surface area contributed by atoms with E-state index in [-0.39, 0.29) is 5.82 Å². The molecule has 1 saturated heterocycles. The second-order valence-corrected chi connectivity index (χ2v) is 5.14. The van der Waals surface area contributed by atoms with E-state index in [2.05, 4.69) is 5.32 Å². The van der Waals surface area contributed by atoms with Crippen molar-refractivity contribution in [2.24, 2.45) is 0 Å². The maximum atomic E-state index is 13.1. The number of hydrogen-bond acceptors (Lipinski definition) is 2.